The Balaban J connectivity index is -0.0000000237. The van der Waals surface area contributed by atoms with E-state index >= 15 is 0 Å². The van der Waals surface area contributed by atoms with Crippen molar-refractivity contribution in [2.45, 2.75) is 0 Å². The molecule has 0 bridgehead atoms. The van der Waals surface area contributed by atoms with E-state index in [9.17, 15) is 0 Å². The first-order chi connectivity index (χ1) is 10.3. The summed E-state index contributed by atoms with van der Waals surface area (Å²) in [6, 6.07) is 0. The predicted octanol–water partition coefficient (Wildman–Crippen LogP) is 3.09. The molecule has 0 aliphatic rings. The second-order valence-electron chi connectivity index (χ2n) is 4.25. The van der Waals surface area contributed by atoms with Gasteiger partial charge in [-0.3, -0.25) is 0 Å². The molecule has 0 radical (unpaired) electrons. The number of hydrogen-bond acceptors (Lipinski definition) is 6. The summed E-state index contributed by atoms with van der Waals surface area (Å²) >= 11 is 0. The molecule has 0 aliphatic carbocycles. The molecular weight excluding hydrogens is 742 g/mol. The Morgan fingerprint density at radius 2 is 0.500 bits per heavy atom. The van der Waals surface area contributed by atoms with Gasteiger partial charge >= 0.3 is 0 Å². The van der Waals surface area contributed by atoms with Gasteiger partial charge in [0.15, 0.2) is 0 Å². The van der Waals surface area contributed by atoms with Crippen LogP contribution in [0.5, 0.6) is 0 Å². The van der Waals surface area contributed by atoms with Crippen LogP contribution >= 0.6 is 32.3 Å². The van der Waals surface area contributed by atoms with Crippen LogP contribution < -0.4 is 9.72 Å². The van der Waals surface area contributed by atoms with Crippen LogP contribution in [0.15, 0.2) is 0 Å². The summed E-state index contributed by atoms with van der Waals surface area (Å²) in [5.74, 6) is 0. The molecule has 0 aromatic rings. The van der Waals surface area contributed by atoms with Crippen LogP contribution in [-0.4, -0.2) is 53.3 Å². The Bertz CT molecular complexity index is 209. The molecule has 0 aliphatic heterocycles. The normalized spacial score (nSPS) is 6.83. The van der Waals surface area contributed by atoms with Gasteiger partial charge in [-0.05, 0) is 0 Å². The van der Waals surface area contributed by atoms with Crippen molar-refractivity contribution in [1.29, 1.82) is 21.0 Å². The van der Waals surface area contributed by atoms with Gasteiger partial charge < -0.3 is 47.3 Å². The standard InChI is InChI=1S/2C4H13NP2.4CN.2Pt/c2*1-6(2)5-7(3)4;4*1-2;;/h2*5H,1-4H3;;;;;;/q;;4*-1;;/p+4. The second kappa shape index (κ2) is 56.4. The molecule has 0 rings (SSSR count). The summed E-state index contributed by atoms with van der Waals surface area (Å²) in [5, 5.41) is 25.0. The van der Waals surface area contributed by atoms with Crippen LogP contribution in [0.2, 0.25) is 0 Å². The molecule has 0 unspecified atom stereocenters. The van der Waals surface area contributed by atoms with Crippen LogP contribution in [0.3, 0.4) is 0 Å². The summed E-state index contributed by atoms with van der Waals surface area (Å²) in [7, 11) is -0.556. The number of rotatable bonds is 4. The Hall–Kier alpha value is 0.977. The fourth-order valence-corrected chi connectivity index (χ4v) is 9.00. The molecule has 0 aromatic heterocycles. The average molecular weight is 772 g/mol. The molecule has 12 heteroatoms. The zero-order chi connectivity index (χ0) is 19.7. The molecule has 0 aromatic carbocycles. The molecule has 0 spiro atoms. The third-order valence-electron chi connectivity index (χ3n) is 1.00. The second-order valence-corrected chi connectivity index (χ2v) is 14.2. The smallest absolute Gasteiger partial charge is 0.0990 e. The molecular formula is C12H30N6P4Pt2. The minimum absolute atomic E-state index is 0. The van der Waals surface area contributed by atoms with Gasteiger partial charge in [0, 0.05) is 42.1 Å². The maximum absolute atomic E-state index is 6.25. The van der Waals surface area contributed by atoms with Crippen molar-refractivity contribution >= 4 is 32.3 Å². The van der Waals surface area contributed by atoms with Gasteiger partial charge in [0.1, 0.15) is 0 Å². The molecule has 2 N–H and O–H groups in total. The molecule has 148 valence electrons. The van der Waals surface area contributed by atoms with E-state index in [4.69, 9.17) is 47.3 Å². The minimum atomic E-state index is -0.139. The van der Waals surface area contributed by atoms with Crippen molar-refractivity contribution in [2.75, 3.05) is 53.3 Å². The maximum atomic E-state index is 6.25. The van der Waals surface area contributed by atoms with Crippen molar-refractivity contribution in [3.8, 4) is 0 Å². The molecule has 24 heavy (non-hydrogen) atoms. The molecule has 0 amide bonds. The van der Waals surface area contributed by atoms with Crippen molar-refractivity contribution in [3.05, 3.63) is 26.3 Å². The number of hydrogen-bond donors (Lipinski definition) is 2. The predicted molar refractivity (Wildman–Crippen MR) is 107 cm³/mol. The molecule has 0 saturated carbocycles. The van der Waals surface area contributed by atoms with E-state index in [0.29, 0.717) is 0 Å². The molecule has 0 saturated heterocycles. The Morgan fingerprint density at radius 3 is 0.500 bits per heavy atom. The summed E-state index contributed by atoms with van der Waals surface area (Å²) < 4.78 is 0. The topological polar surface area (TPSA) is 119 Å². The summed E-state index contributed by atoms with van der Waals surface area (Å²) in [6.45, 7) is 37.2. The van der Waals surface area contributed by atoms with Crippen LogP contribution in [0.4, 0.5) is 0 Å². The van der Waals surface area contributed by atoms with Gasteiger partial charge in [-0.25, -0.2) is 0 Å². The quantitative estimate of drug-likeness (QED) is 0.335. The average Bonchev–Trinajstić information content (AvgIpc) is 2.45. The van der Waals surface area contributed by atoms with E-state index in [-0.39, 0.29) is 74.4 Å². The summed E-state index contributed by atoms with van der Waals surface area (Å²) in [5.41, 5.74) is 0. The van der Waals surface area contributed by atoms with Crippen molar-refractivity contribution in [3.63, 3.8) is 0 Å². The Morgan fingerprint density at radius 1 is 0.417 bits per heavy atom. The first-order valence-electron chi connectivity index (χ1n) is 5.89. The monoisotopic (exact) mass is 772 g/mol. The van der Waals surface area contributed by atoms with Crippen molar-refractivity contribution < 1.29 is 42.1 Å². The van der Waals surface area contributed by atoms with Gasteiger partial charge in [-0.2, -0.15) is 0 Å². The van der Waals surface area contributed by atoms with E-state index < -0.39 is 0 Å². The third kappa shape index (κ3) is 138. The zero-order valence-corrected chi connectivity index (χ0v) is 24.0. The van der Waals surface area contributed by atoms with Gasteiger partial charge in [0.25, 0.3) is 0 Å². The van der Waals surface area contributed by atoms with Gasteiger partial charge in [0.2, 0.25) is 0 Å². The molecule has 0 atom stereocenters. The fraction of sp³-hybridized carbons (Fsp3) is 0.667. The molecule has 6 nitrogen and oxygen atoms in total. The summed E-state index contributed by atoms with van der Waals surface area (Å²) in [4.78, 5) is 7.02. The largest absolute Gasteiger partial charge is 0.512 e. The van der Waals surface area contributed by atoms with E-state index in [1.54, 1.807) is 0 Å². The van der Waals surface area contributed by atoms with Crippen molar-refractivity contribution in [1.82, 2.24) is 9.72 Å². The van der Waals surface area contributed by atoms with Crippen LogP contribution in [0.1, 0.15) is 0 Å². The van der Waals surface area contributed by atoms with Crippen molar-refractivity contribution in [2.24, 2.45) is 0 Å². The minimum Gasteiger partial charge on any atom is -0.512 e. The summed E-state index contributed by atoms with van der Waals surface area (Å²) in [6.07, 6.45) is 0. The van der Waals surface area contributed by atoms with Crippen LogP contribution in [-0.2, 0) is 42.1 Å². The Kier molecular flexibility index (Phi) is 117. The van der Waals surface area contributed by atoms with E-state index in [1.165, 1.54) is 0 Å². The van der Waals surface area contributed by atoms with E-state index in [0.717, 1.165) is 0 Å². The number of nitrogens with one attached hydrogen (secondary N) is 2. The fourth-order valence-electron chi connectivity index (χ4n) is 1.00. The SMILES string of the molecule is C[PH+](C)N[PH+](C)C.C[PH+](C)N[PH+](C)C.[C-]#N.[C-]#N.[C-]#N.[C-]#N.[Pt].[Pt]. The molecule has 0 heterocycles. The third-order valence-corrected chi connectivity index (χ3v) is 9.00. The van der Waals surface area contributed by atoms with Crippen LogP contribution in [0, 0.1) is 47.3 Å². The first-order valence-corrected chi connectivity index (χ1v) is 15.9. The number of nitrogens with zero attached hydrogens (tertiary/aromatic N) is 4. The molecule has 0 fully saturated rings. The van der Waals surface area contributed by atoms with Crippen LogP contribution in [0.25, 0.3) is 0 Å². The van der Waals surface area contributed by atoms with Gasteiger partial charge in [-0.1, -0.05) is 9.72 Å². The van der Waals surface area contributed by atoms with Gasteiger partial charge in [-0.15, -0.1) is 0 Å². The first kappa shape index (κ1) is 49.8. The van der Waals surface area contributed by atoms with E-state index in [1.807, 2.05) is 0 Å². The van der Waals surface area contributed by atoms with E-state index in [2.05, 4.69) is 63.0 Å². The van der Waals surface area contributed by atoms with Gasteiger partial charge in [0.05, 0.1) is 85.6 Å². The maximum Gasteiger partial charge on any atom is 0.0990 e. The zero-order valence-electron chi connectivity index (χ0n) is 15.4. The Labute approximate surface area is 183 Å².